The fourth-order valence-corrected chi connectivity index (χ4v) is 1.93. The summed E-state index contributed by atoms with van der Waals surface area (Å²) < 4.78 is 39.7. The lowest BCUT2D eigenvalue weighted by molar-refractivity contribution is -0.147. The van der Waals surface area contributed by atoms with Crippen LogP contribution in [0.4, 0.5) is 13.2 Å². The minimum Gasteiger partial charge on any atom is -0.478 e. The first-order valence-corrected chi connectivity index (χ1v) is 5.76. The Kier molecular flexibility index (Phi) is 3.67. The van der Waals surface area contributed by atoms with Crippen LogP contribution in [0.5, 0.6) is 0 Å². The number of rotatable bonds is 4. The van der Waals surface area contributed by atoms with Crippen molar-refractivity contribution in [3.8, 4) is 0 Å². The number of aromatic carboxylic acids is 1. The van der Waals surface area contributed by atoms with Crippen LogP contribution in [0.2, 0.25) is 0 Å². The molecule has 108 valence electrons. The number of aromatic nitrogens is 2. The second kappa shape index (κ2) is 5.12. The lowest BCUT2D eigenvalue weighted by atomic mass is 10.2. The number of aliphatic hydroxyl groups is 1. The average molecular weight is 288 g/mol. The predicted molar refractivity (Wildman–Crippen MR) is 63.4 cm³/mol. The number of aliphatic hydroxyl groups excluding tert-OH is 1. The Morgan fingerprint density at radius 3 is 2.60 bits per heavy atom. The van der Waals surface area contributed by atoms with Gasteiger partial charge < -0.3 is 14.8 Å². The molecule has 0 saturated heterocycles. The van der Waals surface area contributed by atoms with Crippen LogP contribution in [0.3, 0.4) is 0 Å². The van der Waals surface area contributed by atoms with Crippen molar-refractivity contribution < 1.29 is 28.2 Å². The van der Waals surface area contributed by atoms with E-state index in [0.717, 1.165) is 10.6 Å². The van der Waals surface area contributed by atoms with Crippen molar-refractivity contribution in [3.05, 3.63) is 29.6 Å². The third kappa shape index (κ3) is 2.60. The summed E-state index contributed by atoms with van der Waals surface area (Å²) in [5.74, 6) is -2.33. The molecular weight excluding hydrogens is 277 g/mol. The molecule has 0 spiro atoms. The van der Waals surface area contributed by atoms with Gasteiger partial charge in [-0.3, -0.25) is 0 Å². The molecule has 0 amide bonds. The Hall–Kier alpha value is -2.09. The van der Waals surface area contributed by atoms with Crippen molar-refractivity contribution >= 4 is 17.0 Å². The van der Waals surface area contributed by atoms with E-state index in [2.05, 4.69) is 4.98 Å². The Morgan fingerprint density at radius 1 is 1.35 bits per heavy atom. The highest BCUT2D eigenvalue weighted by molar-refractivity contribution is 5.92. The molecule has 0 aliphatic heterocycles. The van der Waals surface area contributed by atoms with Gasteiger partial charge in [0.2, 0.25) is 5.82 Å². The van der Waals surface area contributed by atoms with Crippen LogP contribution in [-0.2, 0) is 12.7 Å². The molecule has 1 aromatic heterocycles. The number of nitrogens with zero attached hydrogens (tertiary/aromatic N) is 2. The third-order valence-electron chi connectivity index (χ3n) is 2.79. The van der Waals surface area contributed by atoms with Crippen LogP contribution in [0, 0.1) is 0 Å². The highest BCUT2D eigenvalue weighted by atomic mass is 19.4. The average Bonchev–Trinajstić information content (AvgIpc) is 2.73. The van der Waals surface area contributed by atoms with E-state index in [-0.39, 0.29) is 36.2 Å². The van der Waals surface area contributed by atoms with Gasteiger partial charge in [0.25, 0.3) is 0 Å². The maximum Gasteiger partial charge on any atom is 0.449 e. The molecule has 2 N–H and O–H groups in total. The van der Waals surface area contributed by atoms with Crippen molar-refractivity contribution in [1.29, 1.82) is 0 Å². The van der Waals surface area contributed by atoms with Gasteiger partial charge in [-0.05, 0) is 24.6 Å². The Morgan fingerprint density at radius 2 is 2.05 bits per heavy atom. The van der Waals surface area contributed by atoms with Crippen molar-refractivity contribution in [2.75, 3.05) is 6.61 Å². The molecule has 0 radical (unpaired) electrons. The molecule has 20 heavy (non-hydrogen) atoms. The molecule has 2 rings (SSSR count). The fourth-order valence-electron chi connectivity index (χ4n) is 1.93. The largest absolute Gasteiger partial charge is 0.478 e. The molecule has 5 nitrogen and oxygen atoms in total. The smallest absolute Gasteiger partial charge is 0.449 e. The van der Waals surface area contributed by atoms with Crippen LogP contribution >= 0.6 is 0 Å². The molecule has 1 aromatic carbocycles. The zero-order valence-electron chi connectivity index (χ0n) is 10.2. The minimum absolute atomic E-state index is 0.0323. The Labute approximate surface area is 111 Å². The lowest BCUT2D eigenvalue weighted by Gasteiger charge is -2.10. The van der Waals surface area contributed by atoms with E-state index in [1.807, 2.05) is 0 Å². The number of hydrogen-bond donors (Lipinski definition) is 2. The Bertz CT molecular complexity index is 649. The summed E-state index contributed by atoms with van der Waals surface area (Å²) in [7, 11) is 0. The molecule has 8 heteroatoms. The summed E-state index contributed by atoms with van der Waals surface area (Å²) in [4.78, 5) is 14.3. The fraction of sp³-hybridized carbons (Fsp3) is 0.333. The standard InChI is InChI=1S/C12H11F3N2O3/c13-12(14,15)11-16-8-6-7(10(19)20)2-3-9(8)17(11)4-1-5-18/h2-3,6,18H,1,4-5H2,(H,19,20). The van der Waals surface area contributed by atoms with Gasteiger partial charge in [0.05, 0.1) is 16.6 Å². The number of carboxylic acid groups (broad SMARTS) is 1. The van der Waals surface area contributed by atoms with E-state index in [0.29, 0.717) is 0 Å². The highest BCUT2D eigenvalue weighted by Gasteiger charge is 2.37. The zero-order chi connectivity index (χ0) is 14.9. The first kappa shape index (κ1) is 14.3. The topological polar surface area (TPSA) is 75.3 Å². The van der Waals surface area contributed by atoms with Crippen LogP contribution in [-0.4, -0.2) is 32.3 Å². The number of benzene rings is 1. The molecule has 0 bridgehead atoms. The number of alkyl halides is 3. The van der Waals surface area contributed by atoms with E-state index < -0.39 is 18.0 Å². The van der Waals surface area contributed by atoms with Crippen molar-refractivity contribution in [2.24, 2.45) is 0 Å². The summed E-state index contributed by atoms with van der Waals surface area (Å²) in [5.41, 5.74) is 0.0315. The maximum atomic E-state index is 12.9. The molecule has 0 atom stereocenters. The Balaban J connectivity index is 2.62. The molecule has 0 fully saturated rings. The third-order valence-corrected chi connectivity index (χ3v) is 2.79. The minimum atomic E-state index is -4.64. The van der Waals surface area contributed by atoms with Crippen LogP contribution in [0.1, 0.15) is 22.6 Å². The van der Waals surface area contributed by atoms with Gasteiger partial charge in [0, 0.05) is 13.2 Å². The van der Waals surface area contributed by atoms with Crippen LogP contribution in [0.15, 0.2) is 18.2 Å². The maximum absolute atomic E-state index is 12.9. The number of carboxylic acids is 1. The zero-order valence-corrected chi connectivity index (χ0v) is 10.2. The predicted octanol–water partition coefficient (Wildman–Crippen LogP) is 2.14. The van der Waals surface area contributed by atoms with Gasteiger partial charge >= 0.3 is 12.1 Å². The number of fused-ring (bicyclic) bond motifs is 1. The molecule has 1 heterocycles. The summed E-state index contributed by atoms with van der Waals surface area (Å²) in [6.45, 7) is -0.293. The van der Waals surface area contributed by atoms with Gasteiger partial charge in [-0.15, -0.1) is 0 Å². The van der Waals surface area contributed by atoms with E-state index in [1.165, 1.54) is 12.1 Å². The summed E-state index contributed by atoms with van der Waals surface area (Å²) >= 11 is 0. The first-order chi connectivity index (χ1) is 9.34. The molecule has 0 aliphatic rings. The van der Waals surface area contributed by atoms with E-state index in [1.54, 1.807) is 0 Å². The molecular formula is C12H11F3N2O3. The van der Waals surface area contributed by atoms with Crippen molar-refractivity contribution in [2.45, 2.75) is 19.1 Å². The second-order valence-corrected chi connectivity index (χ2v) is 4.17. The lowest BCUT2D eigenvalue weighted by Crippen LogP contribution is -2.15. The molecule has 0 saturated carbocycles. The number of hydrogen-bond acceptors (Lipinski definition) is 3. The van der Waals surface area contributed by atoms with Gasteiger partial charge in [0.15, 0.2) is 0 Å². The summed E-state index contributed by atoms with van der Waals surface area (Å²) in [6.07, 6.45) is -4.49. The van der Waals surface area contributed by atoms with Gasteiger partial charge in [-0.1, -0.05) is 0 Å². The van der Waals surface area contributed by atoms with E-state index in [9.17, 15) is 18.0 Å². The first-order valence-electron chi connectivity index (χ1n) is 5.76. The van der Waals surface area contributed by atoms with E-state index in [4.69, 9.17) is 10.2 Å². The highest BCUT2D eigenvalue weighted by Crippen LogP contribution is 2.32. The normalized spacial score (nSPS) is 12.0. The monoisotopic (exact) mass is 288 g/mol. The van der Waals surface area contributed by atoms with Crippen LogP contribution in [0.25, 0.3) is 11.0 Å². The summed E-state index contributed by atoms with van der Waals surface area (Å²) in [6, 6.07) is 3.61. The van der Waals surface area contributed by atoms with Crippen molar-refractivity contribution in [3.63, 3.8) is 0 Å². The number of imidazole rings is 1. The second-order valence-electron chi connectivity index (χ2n) is 4.17. The van der Waals surface area contributed by atoms with E-state index >= 15 is 0 Å². The quantitative estimate of drug-likeness (QED) is 0.903. The van der Waals surface area contributed by atoms with Gasteiger partial charge in [-0.2, -0.15) is 13.2 Å². The van der Waals surface area contributed by atoms with Gasteiger partial charge in [0.1, 0.15) is 0 Å². The SMILES string of the molecule is O=C(O)c1ccc2c(c1)nc(C(F)(F)F)n2CCCO. The number of aryl methyl sites for hydroxylation is 1. The van der Waals surface area contributed by atoms with Crippen molar-refractivity contribution in [1.82, 2.24) is 9.55 Å². The van der Waals surface area contributed by atoms with Crippen LogP contribution < -0.4 is 0 Å². The molecule has 0 aliphatic carbocycles. The molecule has 0 unspecified atom stereocenters. The number of carbonyl (C=O) groups is 1. The summed E-state index contributed by atoms with van der Waals surface area (Å²) in [5, 5.41) is 17.6. The molecule has 2 aromatic rings. The van der Waals surface area contributed by atoms with Gasteiger partial charge in [-0.25, -0.2) is 9.78 Å². The number of halogens is 3.